The van der Waals surface area contributed by atoms with Crippen molar-refractivity contribution >= 4 is 16.7 Å². The average Bonchev–Trinajstić information content (AvgIpc) is 3.49. The molecular weight excluding hydrogens is 394 g/mol. The van der Waals surface area contributed by atoms with Crippen LogP contribution in [-0.4, -0.2) is 35.3 Å². The summed E-state index contributed by atoms with van der Waals surface area (Å²) in [5, 5.41) is 10.4. The second-order valence-corrected chi connectivity index (χ2v) is 9.64. The van der Waals surface area contributed by atoms with Gasteiger partial charge in [-0.2, -0.15) is 5.26 Å². The molecule has 0 unspecified atom stereocenters. The van der Waals surface area contributed by atoms with E-state index in [4.69, 9.17) is 5.26 Å². The molecule has 1 saturated heterocycles. The summed E-state index contributed by atoms with van der Waals surface area (Å²) < 4.78 is 0. The Labute approximate surface area is 190 Å². The van der Waals surface area contributed by atoms with Crippen LogP contribution in [0.3, 0.4) is 0 Å². The number of nitriles is 1. The standard InChI is InChI=1S/C28H31N3O/c29-17-22-6-3-7-24(14-22)28(32)16-21-8-9-27-25(15-21)26(18-30-27)23-10-12-31(13-11-23)19-20-4-1-2-5-20/h3,6-9,14-15,18,20,23,30H,1-2,4-5,10-13,16,19H2. The molecule has 1 saturated carbocycles. The van der Waals surface area contributed by atoms with Gasteiger partial charge in [0.15, 0.2) is 5.78 Å². The van der Waals surface area contributed by atoms with Crippen LogP contribution in [0.4, 0.5) is 0 Å². The monoisotopic (exact) mass is 425 g/mol. The highest BCUT2D eigenvalue weighted by Crippen LogP contribution is 2.35. The normalized spacial score (nSPS) is 18.2. The van der Waals surface area contributed by atoms with Crippen molar-refractivity contribution in [1.82, 2.24) is 9.88 Å². The second kappa shape index (κ2) is 9.30. The number of hydrogen-bond donors (Lipinski definition) is 1. The van der Waals surface area contributed by atoms with Crippen LogP contribution in [0.1, 0.15) is 71.5 Å². The van der Waals surface area contributed by atoms with Gasteiger partial charge in [-0.1, -0.05) is 31.0 Å². The Morgan fingerprint density at radius 3 is 2.66 bits per heavy atom. The molecule has 32 heavy (non-hydrogen) atoms. The van der Waals surface area contributed by atoms with Crippen molar-refractivity contribution in [3.05, 3.63) is 70.9 Å². The summed E-state index contributed by atoms with van der Waals surface area (Å²) in [4.78, 5) is 18.9. The van der Waals surface area contributed by atoms with Crippen molar-refractivity contribution in [3.8, 4) is 6.07 Å². The van der Waals surface area contributed by atoms with E-state index in [-0.39, 0.29) is 5.78 Å². The summed E-state index contributed by atoms with van der Waals surface area (Å²) in [7, 11) is 0. The van der Waals surface area contributed by atoms with Crippen LogP contribution in [-0.2, 0) is 6.42 Å². The molecule has 2 heterocycles. The molecule has 1 aliphatic carbocycles. The molecule has 0 atom stereocenters. The van der Waals surface area contributed by atoms with Gasteiger partial charge in [0.2, 0.25) is 0 Å². The molecular formula is C28H31N3O. The van der Waals surface area contributed by atoms with Gasteiger partial charge in [0.05, 0.1) is 11.6 Å². The first kappa shape index (κ1) is 21.0. The van der Waals surface area contributed by atoms with Gasteiger partial charge in [-0.3, -0.25) is 4.79 Å². The average molecular weight is 426 g/mol. The van der Waals surface area contributed by atoms with Crippen LogP contribution >= 0.6 is 0 Å². The molecule has 1 aliphatic heterocycles. The lowest BCUT2D eigenvalue weighted by Crippen LogP contribution is -2.36. The van der Waals surface area contributed by atoms with Crippen molar-refractivity contribution in [2.45, 2.75) is 50.9 Å². The van der Waals surface area contributed by atoms with Gasteiger partial charge in [-0.15, -0.1) is 0 Å². The van der Waals surface area contributed by atoms with Gasteiger partial charge in [-0.05, 0) is 86.0 Å². The van der Waals surface area contributed by atoms with Crippen LogP contribution in [0.15, 0.2) is 48.7 Å². The van der Waals surface area contributed by atoms with Crippen molar-refractivity contribution < 1.29 is 4.79 Å². The Morgan fingerprint density at radius 1 is 1.06 bits per heavy atom. The first-order chi connectivity index (χ1) is 15.7. The largest absolute Gasteiger partial charge is 0.361 e. The predicted octanol–water partition coefficient (Wildman–Crippen LogP) is 5.83. The summed E-state index contributed by atoms with van der Waals surface area (Å²) in [5.41, 5.74) is 4.72. The van der Waals surface area contributed by atoms with E-state index in [9.17, 15) is 4.79 Å². The van der Waals surface area contributed by atoms with E-state index >= 15 is 0 Å². The van der Waals surface area contributed by atoms with Gasteiger partial charge < -0.3 is 9.88 Å². The summed E-state index contributed by atoms with van der Waals surface area (Å²) in [5.74, 6) is 1.56. The molecule has 2 fully saturated rings. The number of ketones is 1. The minimum Gasteiger partial charge on any atom is -0.361 e. The molecule has 2 aliphatic rings. The van der Waals surface area contributed by atoms with E-state index in [0.29, 0.717) is 23.5 Å². The maximum atomic E-state index is 12.8. The lowest BCUT2D eigenvalue weighted by atomic mass is 9.88. The first-order valence-corrected chi connectivity index (χ1v) is 12.1. The summed E-state index contributed by atoms with van der Waals surface area (Å²) in [6, 6.07) is 15.4. The molecule has 0 amide bonds. The first-order valence-electron chi connectivity index (χ1n) is 12.1. The van der Waals surface area contributed by atoms with Crippen molar-refractivity contribution in [2.75, 3.05) is 19.6 Å². The lowest BCUT2D eigenvalue weighted by Gasteiger charge is -2.33. The number of aromatic nitrogens is 1. The molecule has 3 aromatic rings. The molecule has 4 nitrogen and oxygen atoms in total. The molecule has 0 spiro atoms. The zero-order chi connectivity index (χ0) is 21.9. The van der Waals surface area contributed by atoms with E-state index in [1.807, 2.05) is 6.07 Å². The van der Waals surface area contributed by atoms with Crippen LogP contribution < -0.4 is 0 Å². The Hall–Kier alpha value is -2.90. The maximum absolute atomic E-state index is 12.8. The zero-order valence-corrected chi connectivity index (χ0v) is 18.6. The van der Waals surface area contributed by atoms with Gasteiger partial charge >= 0.3 is 0 Å². The lowest BCUT2D eigenvalue weighted by molar-refractivity contribution is 0.0993. The van der Waals surface area contributed by atoms with Gasteiger partial charge in [0.25, 0.3) is 0 Å². The molecule has 2 aromatic carbocycles. The maximum Gasteiger partial charge on any atom is 0.167 e. The molecule has 4 heteroatoms. The summed E-state index contributed by atoms with van der Waals surface area (Å²) >= 11 is 0. The van der Waals surface area contributed by atoms with Crippen LogP contribution in [0.25, 0.3) is 10.9 Å². The topological polar surface area (TPSA) is 59.9 Å². The van der Waals surface area contributed by atoms with Gasteiger partial charge in [0, 0.05) is 35.6 Å². The van der Waals surface area contributed by atoms with E-state index in [0.717, 1.165) is 17.0 Å². The Kier molecular flexibility index (Phi) is 6.10. The third-order valence-electron chi connectivity index (χ3n) is 7.48. The third-order valence-corrected chi connectivity index (χ3v) is 7.48. The number of aromatic amines is 1. The van der Waals surface area contributed by atoms with Crippen LogP contribution in [0.2, 0.25) is 0 Å². The Balaban J connectivity index is 1.28. The molecule has 164 valence electrons. The highest BCUT2D eigenvalue weighted by atomic mass is 16.1. The number of rotatable bonds is 6. The third kappa shape index (κ3) is 4.49. The quantitative estimate of drug-likeness (QED) is 0.505. The van der Waals surface area contributed by atoms with E-state index in [1.54, 1.807) is 24.3 Å². The minimum absolute atomic E-state index is 0.0544. The molecule has 0 radical (unpaired) electrons. The number of fused-ring (bicyclic) bond motifs is 1. The highest BCUT2D eigenvalue weighted by Gasteiger charge is 2.25. The zero-order valence-electron chi connectivity index (χ0n) is 18.6. The van der Waals surface area contributed by atoms with Gasteiger partial charge in [-0.25, -0.2) is 0 Å². The van der Waals surface area contributed by atoms with E-state index < -0.39 is 0 Å². The summed E-state index contributed by atoms with van der Waals surface area (Å²) in [6.45, 7) is 3.68. The predicted molar refractivity (Wildman–Crippen MR) is 128 cm³/mol. The number of Topliss-reactive ketones (excluding diaryl/α,β-unsaturated/α-hetero) is 1. The fraction of sp³-hybridized carbons (Fsp3) is 0.429. The van der Waals surface area contributed by atoms with E-state index in [1.165, 1.54) is 69.1 Å². The summed E-state index contributed by atoms with van der Waals surface area (Å²) in [6.07, 6.45) is 10.7. The van der Waals surface area contributed by atoms with Crippen molar-refractivity contribution in [1.29, 1.82) is 5.26 Å². The number of carbonyl (C=O) groups excluding carboxylic acids is 1. The number of benzene rings is 2. The molecule has 5 rings (SSSR count). The van der Waals surface area contributed by atoms with Crippen molar-refractivity contribution in [2.24, 2.45) is 5.92 Å². The number of hydrogen-bond acceptors (Lipinski definition) is 3. The fourth-order valence-electron chi connectivity index (χ4n) is 5.67. The minimum atomic E-state index is 0.0544. The van der Waals surface area contributed by atoms with Crippen LogP contribution in [0, 0.1) is 17.2 Å². The smallest absolute Gasteiger partial charge is 0.167 e. The molecule has 1 aromatic heterocycles. The van der Waals surface area contributed by atoms with Crippen LogP contribution in [0.5, 0.6) is 0 Å². The molecule has 0 bridgehead atoms. The number of likely N-dealkylation sites (tertiary alicyclic amines) is 1. The fourth-order valence-corrected chi connectivity index (χ4v) is 5.67. The number of carbonyl (C=O) groups is 1. The number of piperidine rings is 1. The van der Waals surface area contributed by atoms with Crippen molar-refractivity contribution in [3.63, 3.8) is 0 Å². The number of H-pyrrole nitrogens is 1. The Morgan fingerprint density at radius 2 is 1.88 bits per heavy atom. The SMILES string of the molecule is N#Cc1cccc(C(=O)Cc2ccc3[nH]cc(C4CCN(CC5CCCC5)CC4)c3c2)c1. The second-order valence-electron chi connectivity index (χ2n) is 9.64. The van der Waals surface area contributed by atoms with Gasteiger partial charge in [0.1, 0.15) is 0 Å². The number of nitrogens with zero attached hydrogens (tertiary/aromatic N) is 2. The number of nitrogens with one attached hydrogen (secondary N) is 1. The Bertz CT molecular complexity index is 1140. The molecule has 1 N–H and O–H groups in total. The highest BCUT2D eigenvalue weighted by molar-refractivity contribution is 5.98. The van der Waals surface area contributed by atoms with E-state index in [2.05, 4.69) is 34.3 Å².